The molecule has 0 bridgehead atoms. The molecule has 0 atom stereocenters. The largest absolute Gasteiger partial charge is 0.300 e. The number of fused-ring (bicyclic) bond motifs is 9. The fourth-order valence-electron chi connectivity index (χ4n) is 8.43. The van der Waals surface area contributed by atoms with Gasteiger partial charge >= 0.3 is 6.71 Å². The van der Waals surface area contributed by atoms with Crippen molar-refractivity contribution >= 4 is 91.0 Å². The molecule has 0 amide bonds. The molecular weight excluding hydrogens is 683 g/mol. The number of para-hydroxylation sites is 1. The maximum absolute atomic E-state index is 5.08. The second-order valence-corrected chi connectivity index (χ2v) is 13.4. The van der Waals surface area contributed by atoms with Crippen LogP contribution in [0.5, 0.6) is 0 Å². The number of hydrogen-bond donors (Lipinski definition) is 0. The summed E-state index contributed by atoms with van der Waals surface area (Å²) in [6.45, 7) is -0.347. The number of pyridine rings is 4. The van der Waals surface area contributed by atoms with Gasteiger partial charge in [-0.1, -0.05) is 36.4 Å². The highest BCUT2D eigenvalue weighted by Gasteiger charge is 2.46. The SMILES string of the molecule is c1ccc(N2c3cc(N(c4ccccn4)c4ccccn4)cc4c3B(c3nccnc32)c2ncnc3c5c6ncccc6n(-c6ccccn6)c5n-4c23)cc1. The predicted molar refractivity (Wildman–Crippen MR) is 214 cm³/mol. The molecule has 2 aliphatic heterocycles. The smallest absolute Gasteiger partial charge is 0.295 e. The van der Waals surface area contributed by atoms with Crippen molar-refractivity contribution < 1.29 is 0 Å². The number of nitrogens with zero attached hydrogens (tertiary/aromatic N) is 12. The van der Waals surface area contributed by atoms with E-state index in [9.17, 15) is 0 Å². The fraction of sp³-hybridized carbons (Fsp3) is 0. The van der Waals surface area contributed by atoms with Crippen molar-refractivity contribution in [1.29, 1.82) is 0 Å². The standard InChI is InChI=1S/C42H25BN12/c1-2-11-26(12-3-1)52-29-23-27(53(31-14-4-7-17-44-31)32-15-5-8-18-45-32)24-30-35(29)43(40-41(52)49-22-21-48-40)39-38-37(50-25-51-39)34-36-28(13-10-20-47-36)54(42(34)55(30)38)33-16-6-9-19-46-33/h1-25H. The first-order valence-electron chi connectivity index (χ1n) is 17.9. The summed E-state index contributed by atoms with van der Waals surface area (Å²) in [6, 6.07) is 36.6. The molecule has 10 heterocycles. The number of anilines is 6. The van der Waals surface area contributed by atoms with Gasteiger partial charge in [0.2, 0.25) is 0 Å². The summed E-state index contributed by atoms with van der Waals surface area (Å²) in [5.41, 5.74) is 10.7. The van der Waals surface area contributed by atoms with Crippen LogP contribution in [0.4, 0.5) is 34.5 Å². The van der Waals surface area contributed by atoms with Gasteiger partial charge in [-0.2, -0.15) is 0 Å². The molecule has 2 aromatic carbocycles. The second kappa shape index (κ2) is 11.4. The molecule has 256 valence electrons. The van der Waals surface area contributed by atoms with Crippen LogP contribution in [0.3, 0.4) is 0 Å². The lowest BCUT2D eigenvalue weighted by Crippen LogP contribution is -2.62. The molecule has 2 aliphatic rings. The van der Waals surface area contributed by atoms with Crippen LogP contribution in [-0.4, -0.2) is 55.7 Å². The van der Waals surface area contributed by atoms with E-state index in [0.29, 0.717) is 0 Å². The number of aromatic nitrogens is 10. The van der Waals surface area contributed by atoms with Gasteiger partial charge in [-0.15, -0.1) is 0 Å². The van der Waals surface area contributed by atoms with Gasteiger partial charge < -0.3 is 0 Å². The highest BCUT2D eigenvalue weighted by Crippen LogP contribution is 2.45. The van der Waals surface area contributed by atoms with Crippen LogP contribution >= 0.6 is 0 Å². The Bertz CT molecular complexity index is 3080. The van der Waals surface area contributed by atoms with Crippen molar-refractivity contribution in [2.24, 2.45) is 0 Å². The van der Waals surface area contributed by atoms with Gasteiger partial charge in [-0.05, 0) is 78.3 Å². The minimum atomic E-state index is -0.347. The Labute approximate surface area is 313 Å². The summed E-state index contributed by atoms with van der Waals surface area (Å²) >= 11 is 0. The van der Waals surface area contributed by atoms with E-state index in [1.54, 1.807) is 31.1 Å². The van der Waals surface area contributed by atoms with Gasteiger partial charge in [-0.3, -0.25) is 28.9 Å². The van der Waals surface area contributed by atoms with Crippen LogP contribution in [-0.2, 0) is 0 Å². The summed E-state index contributed by atoms with van der Waals surface area (Å²) in [4.78, 5) is 44.0. The molecule has 13 heteroatoms. The molecule has 0 N–H and O–H groups in total. The van der Waals surface area contributed by atoms with E-state index in [1.165, 1.54) is 0 Å². The fourth-order valence-corrected chi connectivity index (χ4v) is 8.43. The summed E-state index contributed by atoms with van der Waals surface area (Å²) in [7, 11) is 0. The Balaban J connectivity index is 1.29. The van der Waals surface area contributed by atoms with Crippen molar-refractivity contribution in [1.82, 2.24) is 49.0 Å². The summed E-state index contributed by atoms with van der Waals surface area (Å²) in [5, 5.41) is 0.920. The van der Waals surface area contributed by atoms with Crippen LogP contribution in [0.1, 0.15) is 0 Å². The number of rotatable bonds is 5. The highest BCUT2D eigenvalue weighted by atomic mass is 15.3. The number of benzene rings is 2. The van der Waals surface area contributed by atoms with Crippen molar-refractivity contribution in [3.05, 3.63) is 153 Å². The molecule has 55 heavy (non-hydrogen) atoms. The zero-order valence-corrected chi connectivity index (χ0v) is 28.9. The van der Waals surface area contributed by atoms with Crippen molar-refractivity contribution in [3.63, 3.8) is 0 Å². The lowest BCUT2D eigenvalue weighted by molar-refractivity contribution is 1.02. The third kappa shape index (κ3) is 4.11. The predicted octanol–water partition coefficient (Wildman–Crippen LogP) is 5.97. The maximum Gasteiger partial charge on any atom is 0.300 e. The molecule has 0 radical (unpaired) electrons. The minimum absolute atomic E-state index is 0.347. The van der Waals surface area contributed by atoms with E-state index in [-0.39, 0.29) is 6.71 Å². The van der Waals surface area contributed by atoms with Crippen LogP contribution in [0.2, 0.25) is 0 Å². The average molecular weight is 709 g/mol. The monoisotopic (exact) mass is 708 g/mol. The van der Waals surface area contributed by atoms with E-state index < -0.39 is 0 Å². The lowest BCUT2D eigenvalue weighted by Gasteiger charge is -2.39. The Morgan fingerprint density at radius 2 is 1.25 bits per heavy atom. The van der Waals surface area contributed by atoms with Gasteiger partial charge in [0.1, 0.15) is 40.5 Å². The van der Waals surface area contributed by atoms with Crippen LogP contribution in [0.15, 0.2) is 153 Å². The maximum atomic E-state index is 5.08. The average Bonchev–Trinajstić information content (AvgIpc) is 3.77. The molecule has 0 unspecified atom stereocenters. The van der Waals surface area contributed by atoms with E-state index in [1.807, 2.05) is 91.3 Å². The van der Waals surface area contributed by atoms with Crippen LogP contribution in [0, 0.1) is 0 Å². The number of hydrogen-bond acceptors (Lipinski definition) is 10. The van der Waals surface area contributed by atoms with Gasteiger partial charge in [0.05, 0.1) is 27.7 Å². The van der Waals surface area contributed by atoms with E-state index in [0.717, 1.165) is 95.8 Å². The molecule has 8 aromatic heterocycles. The molecule has 12 rings (SSSR count). The molecule has 0 spiro atoms. The Morgan fingerprint density at radius 1 is 0.527 bits per heavy atom. The lowest BCUT2D eigenvalue weighted by atomic mass is 9.37. The topological polar surface area (TPSA) is 119 Å². The Kier molecular flexibility index (Phi) is 6.14. The first-order chi connectivity index (χ1) is 27.3. The van der Waals surface area contributed by atoms with Gasteiger partial charge in [0, 0.05) is 59.8 Å². The van der Waals surface area contributed by atoms with Gasteiger partial charge in [0.15, 0.2) is 5.82 Å². The highest BCUT2D eigenvalue weighted by molar-refractivity contribution is 6.99. The molecule has 0 aliphatic carbocycles. The summed E-state index contributed by atoms with van der Waals surface area (Å²) < 4.78 is 4.48. The minimum Gasteiger partial charge on any atom is -0.295 e. The molecule has 12 nitrogen and oxygen atoms in total. The molecule has 10 aromatic rings. The molecule has 0 saturated carbocycles. The zero-order valence-electron chi connectivity index (χ0n) is 28.9. The first-order valence-corrected chi connectivity index (χ1v) is 17.9. The van der Waals surface area contributed by atoms with Gasteiger partial charge in [-0.25, -0.2) is 29.9 Å². The van der Waals surface area contributed by atoms with Crippen LogP contribution < -0.4 is 26.4 Å². The molecule has 0 saturated heterocycles. The van der Waals surface area contributed by atoms with E-state index in [2.05, 4.69) is 49.3 Å². The summed E-state index contributed by atoms with van der Waals surface area (Å²) in [5.74, 6) is 2.95. The summed E-state index contributed by atoms with van der Waals surface area (Å²) in [6.07, 6.45) is 12.4. The molecule has 0 fully saturated rings. The zero-order chi connectivity index (χ0) is 36.0. The van der Waals surface area contributed by atoms with Crippen LogP contribution in [0.25, 0.3) is 44.6 Å². The van der Waals surface area contributed by atoms with Crippen molar-refractivity contribution in [3.8, 4) is 11.5 Å². The second-order valence-electron chi connectivity index (χ2n) is 13.4. The third-order valence-corrected chi connectivity index (χ3v) is 10.5. The van der Waals surface area contributed by atoms with Gasteiger partial charge in [0.25, 0.3) is 0 Å². The van der Waals surface area contributed by atoms with Crippen molar-refractivity contribution in [2.45, 2.75) is 0 Å². The van der Waals surface area contributed by atoms with E-state index >= 15 is 0 Å². The quantitative estimate of drug-likeness (QED) is 0.198. The van der Waals surface area contributed by atoms with Crippen molar-refractivity contribution in [2.75, 3.05) is 9.80 Å². The molecular formula is C42H25BN12. The third-order valence-electron chi connectivity index (χ3n) is 10.5. The Morgan fingerprint density at radius 3 is 2.02 bits per heavy atom. The normalized spacial score (nSPS) is 12.7. The first kappa shape index (κ1) is 29.7. The van der Waals surface area contributed by atoms with E-state index in [4.69, 9.17) is 39.9 Å². The Hall–Kier alpha value is -7.80.